The number of rotatable bonds is 7. The molecule has 0 unspecified atom stereocenters. The molecule has 1 aliphatic heterocycles. The fraction of sp³-hybridized carbons (Fsp3) is 0.318. The number of nitrogens with one attached hydrogen (secondary N) is 2. The number of benzene rings is 2. The first kappa shape index (κ1) is 30.3. The number of sulfonamides is 1. The van der Waals surface area contributed by atoms with Gasteiger partial charge in [-0.2, -0.15) is 13.2 Å². The van der Waals surface area contributed by atoms with Gasteiger partial charge in [0.25, 0.3) is 0 Å². The topological polar surface area (TPSA) is 156 Å². The van der Waals surface area contributed by atoms with Crippen molar-refractivity contribution in [3.05, 3.63) is 53.8 Å². The van der Waals surface area contributed by atoms with Gasteiger partial charge in [0.05, 0.1) is 29.7 Å². The molecule has 16 heteroatoms. The van der Waals surface area contributed by atoms with Crippen molar-refractivity contribution in [2.45, 2.75) is 6.18 Å². The Bertz CT molecular complexity index is 1260. The van der Waals surface area contributed by atoms with Crippen molar-refractivity contribution in [1.29, 1.82) is 0 Å². The molecule has 1 fully saturated rings. The number of aliphatic carboxylic acids is 1. The summed E-state index contributed by atoms with van der Waals surface area (Å²) in [6.07, 6.45) is -4.08. The summed E-state index contributed by atoms with van der Waals surface area (Å²) in [6, 6.07) is 9.81. The minimum Gasteiger partial charge on any atom is -0.478 e. The van der Waals surface area contributed by atoms with Gasteiger partial charge >= 0.3 is 18.1 Å². The van der Waals surface area contributed by atoms with E-state index in [4.69, 9.17) is 9.90 Å². The van der Waals surface area contributed by atoms with Gasteiger partial charge in [0.2, 0.25) is 15.9 Å². The molecule has 11 nitrogen and oxygen atoms in total. The Hall–Kier alpha value is -3.92. The molecule has 1 heterocycles. The van der Waals surface area contributed by atoms with E-state index >= 15 is 0 Å². The third-order valence-corrected chi connectivity index (χ3v) is 5.58. The Labute approximate surface area is 214 Å². The van der Waals surface area contributed by atoms with Gasteiger partial charge in [0.15, 0.2) is 0 Å². The molecule has 1 saturated heterocycles. The highest BCUT2D eigenvalue weighted by Gasteiger charge is 2.38. The highest BCUT2D eigenvalue weighted by Crippen LogP contribution is 2.29. The SMILES string of the molecule is CS(=O)(=O)Nc1cc(C(=O)O)ccc1N1CCN(CC(=O)Nc2ccc(F)cc2)CC1.O=C(O)C(F)(F)F. The van der Waals surface area contributed by atoms with E-state index in [9.17, 15) is 40.7 Å². The summed E-state index contributed by atoms with van der Waals surface area (Å²) < 4.78 is 70.5. The molecule has 0 spiro atoms. The van der Waals surface area contributed by atoms with Crippen molar-refractivity contribution in [3.63, 3.8) is 0 Å². The second-order valence-corrected chi connectivity index (χ2v) is 9.78. The zero-order chi connectivity index (χ0) is 28.7. The van der Waals surface area contributed by atoms with Crippen LogP contribution >= 0.6 is 0 Å². The van der Waals surface area contributed by atoms with Gasteiger partial charge in [0, 0.05) is 31.9 Å². The lowest BCUT2D eigenvalue weighted by Crippen LogP contribution is -2.48. The van der Waals surface area contributed by atoms with Gasteiger partial charge in [0.1, 0.15) is 5.82 Å². The average Bonchev–Trinajstić information content (AvgIpc) is 2.80. The Balaban J connectivity index is 0.000000638. The molecule has 1 aliphatic rings. The van der Waals surface area contributed by atoms with Crippen molar-refractivity contribution in [2.24, 2.45) is 0 Å². The van der Waals surface area contributed by atoms with Crippen molar-refractivity contribution in [1.82, 2.24) is 4.90 Å². The Morgan fingerprint density at radius 1 is 0.974 bits per heavy atom. The van der Waals surface area contributed by atoms with Gasteiger partial charge in [-0.25, -0.2) is 22.4 Å². The van der Waals surface area contributed by atoms with Gasteiger partial charge < -0.3 is 20.4 Å². The zero-order valence-electron chi connectivity index (χ0n) is 19.8. The largest absolute Gasteiger partial charge is 0.490 e. The molecule has 0 atom stereocenters. The monoisotopic (exact) mass is 564 g/mol. The number of carboxylic acids is 2. The molecular weight excluding hydrogens is 540 g/mol. The van der Waals surface area contributed by atoms with E-state index in [1.165, 1.54) is 36.4 Å². The highest BCUT2D eigenvalue weighted by molar-refractivity contribution is 7.92. The number of aromatic carboxylic acids is 1. The number of hydrogen-bond acceptors (Lipinski definition) is 7. The van der Waals surface area contributed by atoms with Gasteiger partial charge in [-0.05, 0) is 42.5 Å². The number of carbonyl (C=O) groups is 3. The maximum Gasteiger partial charge on any atom is 0.490 e. The molecule has 2 aromatic carbocycles. The van der Waals surface area contributed by atoms with Crippen molar-refractivity contribution in [2.75, 3.05) is 53.9 Å². The van der Waals surface area contributed by atoms with E-state index in [1.807, 2.05) is 9.80 Å². The van der Waals surface area contributed by atoms with Crippen molar-refractivity contribution in [3.8, 4) is 0 Å². The smallest absolute Gasteiger partial charge is 0.478 e. The minimum atomic E-state index is -5.08. The number of carboxylic acid groups (broad SMARTS) is 2. The van der Waals surface area contributed by atoms with Gasteiger partial charge in [-0.1, -0.05) is 0 Å². The standard InChI is InChI=1S/C20H23FN4O5S.C2HF3O2/c1-31(29,30)23-17-12-14(20(27)28)2-7-18(17)25-10-8-24(9-11-25)13-19(26)22-16-5-3-15(21)4-6-16;3-2(4,5)1(6)7/h2-7,12,23H,8-11,13H2,1H3,(H,22,26)(H,27,28);(H,6,7). The van der Waals surface area contributed by atoms with E-state index in [-0.39, 0.29) is 29.5 Å². The Kier molecular flexibility index (Phi) is 10.0. The van der Waals surface area contributed by atoms with Crippen LogP contribution in [0, 0.1) is 5.82 Å². The summed E-state index contributed by atoms with van der Waals surface area (Å²) in [5.74, 6) is -4.51. The van der Waals surface area contributed by atoms with Crippen LogP contribution in [0.5, 0.6) is 0 Å². The third-order valence-electron chi connectivity index (χ3n) is 4.99. The van der Waals surface area contributed by atoms with Crippen LogP contribution in [0.3, 0.4) is 0 Å². The second-order valence-electron chi connectivity index (χ2n) is 8.03. The number of amides is 1. The van der Waals surface area contributed by atoms with E-state index in [0.717, 1.165) is 6.26 Å². The predicted octanol–water partition coefficient (Wildman–Crippen LogP) is 2.29. The lowest BCUT2D eigenvalue weighted by atomic mass is 10.1. The van der Waals surface area contributed by atoms with E-state index in [2.05, 4.69) is 10.0 Å². The summed E-state index contributed by atoms with van der Waals surface area (Å²) in [6.45, 7) is 2.31. The number of anilines is 3. The molecule has 3 rings (SSSR count). The summed E-state index contributed by atoms with van der Waals surface area (Å²) in [5, 5.41) is 19.0. The average molecular weight is 565 g/mol. The summed E-state index contributed by atoms with van der Waals surface area (Å²) in [4.78, 5) is 36.3. The first-order chi connectivity index (χ1) is 17.5. The van der Waals surface area contributed by atoms with Crippen LogP contribution in [0.4, 0.5) is 34.6 Å². The molecule has 1 amide bonds. The molecule has 2 aromatic rings. The number of piperazine rings is 1. The van der Waals surface area contributed by atoms with Gasteiger partial charge in [-0.3, -0.25) is 14.4 Å². The van der Waals surface area contributed by atoms with Crippen LogP contribution in [0.25, 0.3) is 0 Å². The Morgan fingerprint density at radius 3 is 2.00 bits per heavy atom. The maximum absolute atomic E-state index is 13.0. The fourth-order valence-corrected chi connectivity index (χ4v) is 3.87. The molecule has 0 bridgehead atoms. The third kappa shape index (κ3) is 9.85. The molecule has 0 radical (unpaired) electrons. The molecule has 4 N–H and O–H groups in total. The molecule has 38 heavy (non-hydrogen) atoms. The number of alkyl halides is 3. The second kappa shape index (κ2) is 12.6. The normalized spacial score (nSPS) is 14.2. The molecule has 0 saturated carbocycles. The zero-order valence-corrected chi connectivity index (χ0v) is 20.6. The molecule has 0 aromatic heterocycles. The van der Waals surface area contributed by atoms with E-state index in [0.29, 0.717) is 37.6 Å². The predicted molar refractivity (Wildman–Crippen MR) is 129 cm³/mol. The number of hydrogen-bond donors (Lipinski definition) is 4. The molecular formula is C22H24F4N4O7S. The first-order valence-electron chi connectivity index (χ1n) is 10.7. The summed E-state index contributed by atoms with van der Waals surface area (Å²) in [7, 11) is -3.60. The van der Waals surface area contributed by atoms with Gasteiger partial charge in [-0.15, -0.1) is 0 Å². The summed E-state index contributed by atoms with van der Waals surface area (Å²) in [5.41, 5.74) is 1.27. The highest BCUT2D eigenvalue weighted by atomic mass is 32.2. The van der Waals surface area contributed by atoms with Crippen LogP contribution in [-0.2, 0) is 19.6 Å². The van der Waals surface area contributed by atoms with Crippen molar-refractivity contribution >= 4 is 44.9 Å². The first-order valence-corrected chi connectivity index (χ1v) is 12.6. The quantitative estimate of drug-likeness (QED) is 0.371. The number of carbonyl (C=O) groups excluding carboxylic acids is 1. The number of nitrogens with zero attached hydrogens (tertiary/aromatic N) is 2. The Morgan fingerprint density at radius 2 is 1.53 bits per heavy atom. The summed E-state index contributed by atoms with van der Waals surface area (Å²) >= 11 is 0. The lowest BCUT2D eigenvalue weighted by molar-refractivity contribution is -0.192. The lowest BCUT2D eigenvalue weighted by Gasteiger charge is -2.36. The van der Waals surface area contributed by atoms with E-state index < -0.39 is 28.1 Å². The van der Waals surface area contributed by atoms with Crippen LogP contribution in [0.15, 0.2) is 42.5 Å². The fourth-order valence-electron chi connectivity index (χ4n) is 3.31. The van der Waals surface area contributed by atoms with Crippen LogP contribution in [-0.4, -0.2) is 86.5 Å². The molecule has 0 aliphatic carbocycles. The number of halogens is 4. The van der Waals surface area contributed by atoms with Crippen molar-refractivity contribution < 1.29 is 50.6 Å². The minimum absolute atomic E-state index is 0.0222. The molecule has 208 valence electrons. The van der Waals surface area contributed by atoms with Crippen LogP contribution in [0.2, 0.25) is 0 Å². The van der Waals surface area contributed by atoms with Crippen LogP contribution < -0.4 is 14.9 Å². The van der Waals surface area contributed by atoms with E-state index in [1.54, 1.807) is 6.07 Å². The maximum atomic E-state index is 13.0. The van der Waals surface area contributed by atoms with Crippen LogP contribution in [0.1, 0.15) is 10.4 Å².